The number of halogens is 2. The largest absolute Gasteiger partial charge is 0.492 e. The topological polar surface area (TPSA) is 36.9 Å². The molecule has 1 heterocycles. The van der Waals surface area contributed by atoms with Crippen molar-refractivity contribution in [2.45, 2.75) is 25.6 Å². The van der Waals surface area contributed by atoms with Crippen molar-refractivity contribution < 1.29 is 23.3 Å². The van der Waals surface area contributed by atoms with Gasteiger partial charge in [-0.2, -0.15) is 0 Å². The minimum Gasteiger partial charge on any atom is -0.492 e. The van der Waals surface area contributed by atoms with Crippen LogP contribution in [0.25, 0.3) is 0 Å². The second-order valence-corrected chi connectivity index (χ2v) is 6.97. The average Bonchev–Trinajstić information content (AvgIpc) is 2.61. The summed E-state index contributed by atoms with van der Waals surface area (Å²) < 4.78 is 37.3. The molecule has 0 saturated carbocycles. The molecule has 0 aliphatic carbocycles. The van der Waals surface area contributed by atoms with Crippen LogP contribution in [-0.2, 0) is 11.2 Å². The Kier molecular flexibility index (Phi) is 5.38. The van der Waals surface area contributed by atoms with Crippen LogP contribution in [0, 0.1) is 9.39 Å². The first-order chi connectivity index (χ1) is 12.0. The SMILES string of the molecule is COc1c(I)c2c(c(OC)c1OC)[C@H](c1ccc(F)cc1)O[C@@H](C)C2. The highest BCUT2D eigenvalue weighted by Crippen LogP contribution is 2.52. The summed E-state index contributed by atoms with van der Waals surface area (Å²) in [7, 11) is 4.80. The van der Waals surface area contributed by atoms with Gasteiger partial charge in [0.2, 0.25) is 5.75 Å². The van der Waals surface area contributed by atoms with E-state index in [1.165, 1.54) is 12.1 Å². The van der Waals surface area contributed by atoms with E-state index in [0.29, 0.717) is 17.2 Å². The number of fused-ring (bicyclic) bond motifs is 1. The Morgan fingerprint density at radius 2 is 1.60 bits per heavy atom. The first kappa shape index (κ1) is 18.3. The van der Waals surface area contributed by atoms with E-state index in [0.717, 1.165) is 26.7 Å². The second-order valence-electron chi connectivity index (χ2n) is 5.89. The summed E-state index contributed by atoms with van der Waals surface area (Å²) in [6.07, 6.45) is 0.392. The summed E-state index contributed by atoms with van der Waals surface area (Å²) in [5.74, 6) is 1.52. The van der Waals surface area contributed by atoms with Crippen molar-refractivity contribution in [3.05, 3.63) is 50.3 Å². The lowest BCUT2D eigenvalue weighted by atomic mass is 9.89. The number of ether oxygens (including phenoxy) is 4. The molecule has 0 bridgehead atoms. The molecule has 6 heteroatoms. The molecule has 1 aliphatic heterocycles. The van der Waals surface area contributed by atoms with Crippen molar-refractivity contribution in [3.63, 3.8) is 0 Å². The molecule has 4 nitrogen and oxygen atoms in total. The predicted molar refractivity (Wildman–Crippen MR) is 101 cm³/mol. The molecule has 3 rings (SSSR count). The number of benzene rings is 2. The minimum absolute atomic E-state index is 0.0128. The van der Waals surface area contributed by atoms with E-state index in [-0.39, 0.29) is 18.0 Å². The van der Waals surface area contributed by atoms with Crippen LogP contribution in [0.4, 0.5) is 4.39 Å². The average molecular weight is 458 g/mol. The second kappa shape index (κ2) is 7.37. The van der Waals surface area contributed by atoms with Crippen LogP contribution in [0.15, 0.2) is 24.3 Å². The van der Waals surface area contributed by atoms with Crippen molar-refractivity contribution in [1.29, 1.82) is 0 Å². The van der Waals surface area contributed by atoms with E-state index in [2.05, 4.69) is 22.6 Å². The third-order valence-electron chi connectivity index (χ3n) is 4.35. The van der Waals surface area contributed by atoms with Gasteiger partial charge in [-0.3, -0.25) is 0 Å². The molecule has 134 valence electrons. The Morgan fingerprint density at radius 3 is 2.16 bits per heavy atom. The quantitative estimate of drug-likeness (QED) is 0.633. The number of methoxy groups -OCH3 is 3. The molecule has 25 heavy (non-hydrogen) atoms. The Hall–Kier alpha value is -1.54. The van der Waals surface area contributed by atoms with Crippen LogP contribution < -0.4 is 14.2 Å². The summed E-state index contributed by atoms with van der Waals surface area (Å²) in [6, 6.07) is 6.36. The summed E-state index contributed by atoms with van der Waals surface area (Å²) >= 11 is 2.27. The molecule has 2 aromatic rings. The highest BCUT2D eigenvalue weighted by Gasteiger charge is 2.35. The van der Waals surface area contributed by atoms with Gasteiger partial charge >= 0.3 is 0 Å². The van der Waals surface area contributed by atoms with Gasteiger partial charge in [-0.05, 0) is 52.8 Å². The van der Waals surface area contributed by atoms with Crippen LogP contribution in [-0.4, -0.2) is 27.4 Å². The lowest BCUT2D eigenvalue weighted by Gasteiger charge is -2.34. The van der Waals surface area contributed by atoms with E-state index < -0.39 is 0 Å². The zero-order chi connectivity index (χ0) is 18.1. The maximum absolute atomic E-state index is 13.4. The van der Waals surface area contributed by atoms with Crippen LogP contribution >= 0.6 is 22.6 Å². The number of hydrogen-bond donors (Lipinski definition) is 0. The van der Waals surface area contributed by atoms with Crippen LogP contribution in [0.5, 0.6) is 17.2 Å². The fourth-order valence-corrected chi connectivity index (χ4v) is 4.26. The highest BCUT2D eigenvalue weighted by atomic mass is 127. The molecule has 1 aliphatic rings. The lowest BCUT2D eigenvalue weighted by molar-refractivity contribution is 0.00527. The third-order valence-corrected chi connectivity index (χ3v) is 5.49. The number of hydrogen-bond acceptors (Lipinski definition) is 4. The first-order valence-corrected chi connectivity index (χ1v) is 9.00. The molecular formula is C19H20FIO4. The molecule has 0 spiro atoms. The summed E-state index contributed by atoms with van der Waals surface area (Å²) in [6.45, 7) is 2.03. The Labute approximate surface area is 160 Å². The predicted octanol–water partition coefficient (Wildman–Crippen LogP) is 4.51. The monoisotopic (exact) mass is 458 g/mol. The molecule has 0 unspecified atom stereocenters. The fourth-order valence-electron chi connectivity index (χ4n) is 3.28. The Morgan fingerprint density at radius 1 is 1.00 bits per heavy atom. The van der Waals surface area contributed by atoms with Gasteiger partial charge in [0, 0.05) is 12.0 Å². The molecule has 0 radical (unpaired) electrons. The standard InChI is InChI=1S/C19H20FIO4/c1-10-9-13-14(16(25-10)11-5-7-12(20)8-6-11)17(22-2)19(24-4)18(23-3)15(13)21/h5-8,10,16H,9H2,1-4H3/t10-,16-/m0/s1. The van der Waals surface area contributed by atoms with E-state index in [9.17, 15) is 4.39 Å². The van der Waals surface area contributed by atoms with Gasteiger partial charge in [0.1, 0.15) is 11.9 Å². The molecule has 0 fully saturated rings. The van der Waals surface area contributed by atoms with Gasteiger partial charge < -0.3 is 18.9 Å². The third kappa shape index (κ3) is 3.17. The summed E-state index contributed by atoms with van der Waals surface area (Å²) in [5, 5.41) is 0. The Balaban J connectivity index is 2.28. The minimum atomic E-state index is -0.359. The van der Waals surface area contributed by atoms with Gasteiger partial charge in [-0.25, -0.2) is 4.39 Å². The van der Waals surface area contributed by atoms with E-state index >= 15 is 0 Å². The maximum Gasteiger partial charge on any atom is 0.204 e. The van der Waals surface area contributed by atoms with Gasteiger partial charge in [-0.1, -0.05) is 12.1 Å². The van der Waals surface area contributed by atoms with Gasteiger partial charge in [0.15, 0.2) is 11.5 Å². The normalized spacial score (nSPS) is 19.3. The summed E-state index contributed by atoms with van der Waals surface area (Å²) in [4.78, 5) is 0. The molecule has 0 aromatic heterocycles. The van der Waals surface area contributed by atoms with Gasteiger partial charge in [-0.15, -0.1) is 0 Å². The zero-order valence-corrected chi connectivity index (χ0v) is 16.7. The van der Waals surface area contributed by atoms with Crippen molar-refractivity contribution in [2.24, 2.45) is 0 Å². The molecule has 0 N–H and O–H groups in total. The highest BCUT2D eigenvalue weighted by molar-refractivity contribution is 14.1. The van der Waals surface area contributed by atoms with Crippen LogP contribution in [0.1, 0.15) is 29.7 Å². The van der Waals surface area contributed by atoms with Crippen molar-refractivity contribution in [3.8, 4) is 17.2 Å². The zero-order valence-electron chi connectivity index (χ0n) is 14.6. The molecule has 0 saturated heterocycles. The van der Waals surface area contributed by atoms with Gasteiger partial charge in [0.05, 0.1) is 31.0 Å². The van der Waals surface area contributed by atoms with E-state index in [4.69, 9.17) is 18.9 Å². The van der Waals surface area contributed by atoms with Gasteiger partial charge in [0.25, 0.3) is 0 Å². The van der Waals surface area contributed by atoms with Crippen molar-refractivity contribution in [2.75, 3.05) is 21.3 Å². The molecular weight excluding hydrogens is 438 g/mol. The lowest BCUT2D eigenvalue weighted by Crippen LogP contribution is -2.26. The number of rotatable bonds is 4. The smallest absolute Gasteiger partial charge is 0.204 e. The summed E-state index contributed by atoms with van der Waals surface area (Å²) in [5.41, 5.74) is 2.90. The van der Waals surface area contributed by atoms with Crippen molar-refractivity contribution in [1.82, 2.24) is 0 Å². The Bertz CT molecular complexity index is 776. The van der Waals surface area contributed by atoms with E-state index in [1.54, 1.807) is 33.5 Å². The fraction of sp³-hybridized carbons (Fsp3) is 0.368. The maximum atomic E-state index is 13.4. The van der Waals surface area contributed by atoms with Crippen LogP contribution in [0.2, 0.25) is 0 Å². The first-order valence-electron chi connectivity index (χ1n) is 7.92. The van der Waals surface area contributed by atoms with Crippen molar-refractivity contribution >= 4 is 22.6 Å². The molecule has 2 aromatic carbocycles. The molecule has 0 amide bonds. The van der Waals surface area contributed by atoms with E-state index in [1.807, 2.05) is 6.92 Å². The molecule has 2 atom stereocenters. The van der Waals surface area contributed by atoms with Crippen LogP contribution in [0.3, 0.4) is 0 Å².